The molecule has 0 spiro atoms. The zero-order valence-corrected chi connectivity index (χ0v) is 22.4. The third kappa shape index (κ3) is 5.68. The van der Waals surface area contributed by atoms with Crippen molar-refractivity contribution < 1.29 is 10.2 Å². The maximum Gasteiger partial charge on any atom is 0.115 e. The first-order valence-electron chi connectivity index (χ1n) is 12.8. The number of aromatic hydroxyl groups is 2. The zero-order valence-electron chi connectivity index (χ0n) is 21.6. The predicted molar refractivity (Wildman–Crippen MR) is 166 cm³/mol. The predicted octanol–water partition coefficient (Wildman–Crippen LogP) is 9.39. The van der Waals surface area contributed by atoms with Gasteiger partial charge in [-0.25, -0.2) is 4.98 Å². The highest BCUT2D eigenvalue weighted by Crippen LogP contribution is 2.36. The van der Waals surface area contributed by atoms with Gasteiger partial charge in [0.1, 0.15) is 11.5 Å². The topological polar surface area (TPSA) is 56.6 Å². The fourth-order valence-electron chi connectivity index (χ4n) is 4.66. The number of para-hydroxylation sites is 2. The van der Waals surface area contributed by atoms with Crippen LogP contribution >= 0.6 is 12.4 Å². The standard InChI is InChI=1S/C35H26N2O2.ClH/c38-32-19-13-26(14-20-32)34-23-28(24-35(36-34)27-15-21-33(39)22-16-27)25-11-17-31(18-12-25)37(29-7-3-1-4-8-29)30-9-5-2-6-10-30;/h1-24,38-39H;1H. The molecule has 0 unspecified atom stereocenters. The summed E-state index contributed by atoms with van der Waals surface area (Å²) in [5.74, 6) is 0.427. The van der Waals surface area contributed by atoms with Gasteiger partial charge in [0.05, 0.1) is 11.4 Å². The number of phenols is 2. The Morgan fingerprint density at radius 3 is 1.20 bits per heavy atom. The van der Waals surface area contributed by atoms with Crippen molar-refractivity contribution in [3.8, 4) is 45.1 Å². The number of halogens is 1. The molecule has 0 aliphatic carbocycles. The quantitative estimate of drug-likeness (QED) is 0.220. The first-order valence-corrected chi connectivity index (χ1v) is 12.8. The Bertz CT molecular complexity index is 1590. The molecule has 0 saturated carbocycles. The number of nitrogens with zero attached hydrogens (tertiary/aromatic N) is 2. The fraction of sp³-hybridized carbons (Fsp3) is 0. The Morgan fingerprint density at radius 2 is 0.775 bits per heavy atom. The number of anilines is 3. The van der Waals surface area contributed by atoms with E-state index in [1.54, 1.807) is 24.3 Å². The maximum atomic E-state index is 9.78. The number of benzene rings is 5. The molecule has 40 heavy (non-hydrogen) atoms. The Hall–Kier alpha value is -5.06. The monoisotopic (exact) mass is 542 g/mol. The van der Waals surface area contributed by atoms with E-state index in [1.807, 2.05) is 60.7 Å². The number of aromatic nitrogens is 1. The Balaban J connectivity index is 0.00000323. The molecule has 0 saturated heterocycles. The molecule has 0 aliphatic rings. The van der Waals surface area contributed by atoms with E-state index in [4.69, 9.17) is 4.98 Å². The van der Waals surface area contributed by atoms with Crippen LogP contribution in [0.4, 0.5) is 17.1 Å². The first-order chi connectivity index (χ1) is 19.1. The second-order valence-electron chi connectivity index (χ2n) is 9.27. The van der Waals surface area contributed by atoms with E-state index in [-0.39, 0.29) is 23.9 Å². The van der Waals surface area contributed by atoms with Crippen LogP contribution in [0.3, 0.4) is 0 Å². The molecule has 0 atom stereocenters. The van der Waals surface area contributed by atoms with Crippen LogP contribution in [0, 0.1) is 0 Å². The summed E-state index contributed by atoms with van der Waals surface area (Å²) in [6.45, 7) is 0. The van der Waals surface area contributed by atoms with Gasteiger partial charge in [0.25, 0.3) is 0 Å². The molecular weight excluding hydrogens is 516 g/mol. The van der Waals surface area contributed by atoms with Crippen molar-refractivity contribution in [1.29, 1.82) is 0 Å². The van der Waals surface area contributed by atoms with Crippen LogP contribution in [0.1, 0.15) is 0 Å². The summed E-state index contributed by atoms with van der Waals surface area (Å²) in [4.78, 5) is 7.15. The van der Waals surface area contributed by atoms with Gasteiger partial charge in [-0.05, 0) is 108 Å². The molecule has 5 heteroatoms. The lowest BCUT2D eigenvalue weighted by Crippen LogP contribution is -2.09. The van der Waals surface area contributed by atoms with Crippen molar-refractivity contribution >= 4 is 29.5 Å². The van der Waals surface area contributed by atoms with Gasteiger partial charge in [-0.2, -0.15) is 0 Å². The summed E-state index contributed by atoms with van der Waals surface area (Å²) >= 11 is 0. The van der Waals surface area contributed by atoms with Crippen LogP contribution in [0.25, 0.3) is 33.6 Å². The third-order valence-electron chi connectivity index (χ3n) is 6.64. The van der Waals surface area contributed by atoms with Crippen molar-refractivity contribution in [2.75, 3.05) is 4.90 Å². The molecule has 0 fully saturated rings. The van der Waals surface area contributed by atoms with Crippen molar-refractivity contribution in [3.05, 3.63) is 146 Å². The summed E-state index contributed by atoms with van der Waals surface area (Å²) in [6.07, 6.45) is 0. The Morgan fingerprint density at radius 1 is 0.400 bits per heavy atom. The zero-order chi connectivity index (χ0) is 26.6. The smallest absolute Gasteiger partial charge is 0.115 e. The molecule has 5 aromatic carbocycles. The van der Waals surface area contributed by atoms with Gasteiger partial charge in [0.15, 0.2) is 0 Å². The van der Waals surface area contributed by atoms with Gasteiger partial charge in [-0.1, -0.05) is 48.5 Å². The molecule has 0 bridgehead atoms. The highest BCUT2D eigenvalue weighted by molar-refractivity contribution is 5.85. The van der Waals surface area contributed by atoms with Gasteiger partial charge in [0.2, 0.25) is 0 Å². The van der Waals surface area contributed by atoms with Crippen LogP contribution in [0.5, 0.6) is 11.5 Å². The summed E-state index contributed by atoms with van der Waals surface area (Å²) in [5, 5.41) is 19.6. The van der Waals surface area contributed by atoms with Crippen LogP contribution in [-0.4, -0.2) is 15.2 Å². The van der Waals surface area contributed by atoms with Crippen LogP contribution in [0.15, 0.2) is 146 Å². The molecule has 2 N–H and O–H groups in total. The highest BCUT2D eigenvalue weighted by Gasteiger charge is 2.13. The van der Waals surface area contributed by atoms with Crippen molar-refractivity contribution in [1.82, 2.24) is 4.98 Å². The molecule has 4 nitrogen and oxygen atoms in total. The van der Waals surface area contributed by atoms with E-state index < -0.39 is 0 Å². The summed E-state index contributed by atoms with van der Waals surface area (Å²) in [7, 11) is 0. The summed E-state index contributed by atoms with van der Waals surface area (Å²) in [5.41, 5.74) is 8.73. The molecule has 6 rings (SSSR count). The van der Waals surface area contributed by atoms with Crippen molar-refractivity contribution in [3.63, 3.8) is 0 Å². The molecule has 196 valence electrons. The van der Waals surface area contributed by atoms with Crippen LogP contribution in [0.2, 0.25) is 0 Å². The van der Waals surface area contributed by atoms with Gasteiger partial charge >= 0.3 is 0 Å². The second kappa shape index (κ2) is 11.8. The molecule has 1 aromatic heterocycles. The van der Waals surface area contributed by atoms with Gasteiger partial charge in [0, 0.05) is 28.2 Å². The fourth-order valence-corrected chi connectivity index (χ4v) is 4.66. The Labute approximate surface area is 239 Å². The largest absolute Gasteiger partial charge is 0.508 e. The van der Waals surface area contributed by atoms with E-state index in [0.29, 0.717) is 0 Å². The van der Waals surface area contributed by atoms with E-state index in [9.17, 15) is 10.2 Å². The normalized spacial score (nSPS) is 10.5. The molecule has 0 amide bonds. The first kappa shape index (κ1) is 26.5. The van der Waals surface area contributed by atoms with Crippen LogP contribution in [-0.2, 0) is 0 Å². The third-order valence-corrected chi connectivity index (χ3v) is 6.64. The average molecular weight is 543 g/mol. The lowest BCUT2D eigenvalue weighted by Gasteiger charge is -2.25. The molecule has 0 aliphatic heterocycles. The minimum absolute atomic E-state index is 0. The number of rotatable bonds is 6. The average Bonchev–Trinajstić information content (AvgIpc) is 2.99. The van der Waals surface area contributed by atoms with Gasteiger partial charge in [-0.15, -0.1) is 12.4 Å². The number of pyridine rings is 1. The van der Waals surface area contributed by atoms with E-state index in [0.717, 1.165) is 50.7 Å². The summed E-state index contributed by atoms with van der Waals surface area (Å²) in [6, 6.07) is 47.5. The van der Waals surface area contributed by atoms with Gasteiger partial charge < -0.3 is 15.1 Å². The number of hydrogen-bond donors (Lipinski definition) is 2. The molecular formula is C35H27ClN2O2. The lowest BCUT2D eigenvalue weighted by molar-refractivity contribution is 0.475. The Kier molecular flexibility index (Phi) is 7.81. The van der Waals surface area contributed by atoms with Crippen LogP contribution < -0.4 is 4.90 Å². The number of phenolic OH excluding ortho intramolecular Hbond substituents is 2. The van der Waals surface area contributed by atoms with Gasteiger partial charge in [-0.3, -0.25) is 0 Å². The van der Waals surface area contributed by atoms with E-state index in [2.05, 4.69) is 65.6 Å². The molecule has 0 radical (unpaired) electrons. The maximum absolute atomic E-state index is 9.78. The SMILES string of the molecule is Cl.Oc1ccc(-c2cc(-c3ccc(N(c4ccccc4)c4ccccc4)cc3)cc(-c3ccc(O)cc3)n2)cc1. The van der Waals surface area contributed by atoms with E-state index in [1.165, 1.54) is 0 Å². The number of hydrogen-bond acceptors (Lipinski definition) is 4. The minimum Gasteiger partial charge on any atom is -0.508 e. The minimum atomic E-state index is 0. The van der Waals surface area contributed by atoms with Crippen molar-refractivity contribution in [2.45, 2.75) is 0 Å². The lowest BCUT2D eigenvalue weighted by atomic mass is 9.99. The van der Waals surface area contributed by atoms with Crippen molar-refractivity contribution in [2.24, 2.45) is 0 Å². The van der Waals surface area contributed by atoms with E-state index >= 15 is 0 Å². The molecule has 6 aromatic rings. The summed E-state index contributed by atoms with van der Waals surface area (Å²) < 4.78 is 0. The second-order valence-corrected chi connectivity index (χ2v) is 9.27. The molecule has 1 heterocycles. The highest BCUT2D eigenvalue weighted by atomic mass is 35.5.